The Morgan fingerprint density at radius 3 is 3.06 bits per heavy atom. The van der Waals surface area contributed by atoms with Crippen molar-refractivity contribution in [3.05, 3.63) is 35.1 Å². The van der Waals surface area contributed by atoms with Crippen molar-refractivity contribution >= 4 is 5.91 Å². The molecule has 1 atom stereocenters. The Morgan fingerprint density at radius 1 is 1.61 bits per heavy atom. The first kappa shape index (κ1) is 13.0. The summed E-state index contributed by atoms with van der Waals surface area (Å²) in [5, 5.41) is 3.28. The molecule has 0 spiro atoms. The number of carbonyl (C=O) groups excluding carboxylic acids is 1. The lowest BCUT2D eigenvalue weighted by atomic mass is 10.1. The van der Waals surface area contributed by atoms with Gasteiger partial charge < -0.3 is 11.1 Å². The number of hydrogen-bond donors (Lipinski definition) is 2. The van der Waals surface area contributed by atoms with Gasteiger partial charge in [0.05, 0.1) is 0 Å². The molecule has 0 aliphatic carbocycles. The van der Waals surface area contributed by atoms with Crippen LogP contribution in [-0.4, -0.2) is 36.5 Å². The van der Waals surface area contributed by atoms with E-state index in [4.69, 9.17) is 5.73 Å². The Bertz CT molecular complexity index is 450. The fraction of sp³-hybridized carbons (Fsp3) is 0.462. The second-order valence-corrected chi connectivity index (χ2v) is 4.69. The Labute approximate surface area is 106 Å². The van der Waals surface area contributed by atoms with Crippen LogP contribution in [0.25, 0.3) is 0 Å². The van der Waals surface area contributed by atoms with E-state index in [1.54, 1.807) is 6.07 Å². The summed E-state index contributed by atoms with van der Waals surface area (Å²) >= 11 is 0. The van der Waals surface area contributed by atoms with Crippen molar-refractivity contribution in [1.82, 2.24) is 10.2 Å². The molecular weight excluding hydrogens is 233 g/mol. The Morgan fingerprint density at radius 2 is 2.39 bits per heavy atom. The maximum atomic E-state index is 13.7. The number of primary amides is 1. The number of nitrogens with one attached hydrogen (secondary N) is 1. The van der Waals surface area contributed by atoms with Gasteiger partial charge in [0.25, 0.3) is 0 Å². The van der Waals surface area contributed by atoms with Crippen LogP contribution in [-0.2, 0) is 6.54 Å². The van der Waals surface area contributed by atoms with Crippen LogP contribution >= 0.6 is 0 Å². The van der Waals surface area contributed by atoms with Gasteiger partial charge in [-0.15, -0.1) is 0 Å². The van der Waals surface area contributed by atoms with Gasteiger partial charge in [-0.1, -0.05) is 0 Å². The lowest BCUT2D eigenvalue weighted by Gasteiger charge is -2.34. The third-order valence-electron chi connectivity index (χ3n) is 3.34. The first-order chi connectivity index (χ1) is 8.58. The lowest BCUT2D eigenvalue weighted by molar-refractivity contribution is 0.1000. The molecule has 0 bridgehead atoms. The van der Waals surface area contributed by atoms with E-state index in [0.717, 1.165) is 19.6 Å². The predicted octanol–water partition coefficient (Wildman–Crippen LogP) is 0.718. The number of hydrogen-bond acceptors (Lipinski definition) is 3. The largest absolute Gasteiger partial charge is 0.366 e. The van der Waals surface area contributed by atoms with Gasteiger partial charge in [-0.3, -0.25) is 9.69 Å². The summed E-state index contributed by atoms with van der Waals surface area (Å²) in [5.41, 5.74) is 6.09. The van der Waals surface area contributed by atoms with Crippen molar-refractivity contribution in [3.8, 4) is 0 Å². The molecule has 98 valence electrons. The fourth-order valence-corrected chi connectivity index (χ4v) is 2.19. The molecule has 1 aromatic carbocycles. The molecule has 1 aromatic rings. The van der Waals surface area contributed by atoms with Gasteiger partial charge in [-0.2, -0.15) is 0 Å². The second kappa shape index (κ2) is 5.46. The summed E-state index contributed by atoms with van der Waals surface area (Å²) in [5.74, 6) is -0.810. The zero-order chi connectivity index (χ0) is 13.1. The van der Waals surface area contributed by atoms with Crippen molar-refractivity contribution in [3.63, 3.8) is 0 Å². The number of nitrogens with two attached hydrogens (primary N) is 1. The van der Waals surface area contributed by atoms with Crippen LogP contribution in [0.15, 0.2) is 18.2 Å². The molecule has 2 rings (SSSR count). The van der Waals surface area contributed by atoms with Gasteiger partial charge in [-0.25, -0.2) is 4.39 Å². The molecule has 0 saturated carbocycles. The van der Waals surface area contributed by atoms with Crippen molar-refractivity contribution in [2.24, 2.45) is 5.73 Å². The third kappa shape index (κ3) is 2.86. The molecule has 1 aliphatic heterocycles. The van der Waals surface area contributed by atoms with E-state index in [0.29, 0.717) is 23.7 Å². The molecule has 0 aromatic heterocycles. The van der Waals surface area contributed by atoms with Gasteiger partial charge in [-0.05, 0) is 25.1 Å². The Hall–Kier alpha value is -1.46. The van der Waals surface area contributed by atoms with Gasteiger partial charge in [0.1, 0.15) is 5.82 Å². The highest BCUT2D eigenvalue weighted by atomic mass is 19.1. The topological polar surface area (TPSA) is 58.4 Å². The van der Waals surface area contributed by atoms with E-state index in [2.05, 4.69) is 17.1 Å². The average molecular weight is 251 g/mol. The van der Waals surface area contributed by atoms with Crippen LogP contribution in [0, 0.1) is 5.82 Å². The third-order valence-corrected chi connectivity index (χ3v) is 3.34. The van der Waals surface area contributed by atoms with Crippen LogP contribution in [0.3, 0.4) is 0 Å². The van der Waals surface area contributed by atoms with E-state index in [1.807, 2.05) is 0 Å². The number of amides is 1. The zero-order valence-corrected chi connectivity index (χ0v) is 10.4. The molecular formula is C13H18FN3O. The van der Waals surface area contributed by atoms with Crippen molar-refractivity contribution in [2.45, 2.75) is 19.5 Å². The van der Waals surface area contributed by atoms with E-state index in [1.165, 1.54) is 12.1 Å². The molecule has 4 nitrogen and oxygen atoms in total. The van der Waals surface area contributed by atoms with Crippen LogP contribution in [0.5, 0.6) is 0 Å². The van der Waals surface area contributed by atoms with E-state index < -0.39 is 5.91 Å². The minimum Gasteiger partial charge on any atom is -0.366 e. The number of halogens is 1. The van der Waals surface area contributed by atoms with Crippen molar-refractivity contribution in [1.29, 1.82) is 0 Å². The maximum Gasteiger partial charge on any atom is 0.248 e. The number of piperazine rings is 1. The minimum absolute atomic E-state index is 0.286. The molecule has 0 unspecified atom stereocenters. The molecule has 18 heavy (non-hydrogen) atoms. The Kier molecular flexibility index (Phi) is 3.93. The standard InChI is InChI=1S/C13H18FN3O/c1-9-7-16-4-5-17(9)8-11-6-10(13(15)18)2-3-12(11)14/h2-3,6,9,16H,4-5,7-8H2,1H3,(H2,15,18)/t9-/m0/s1. The number of carbonyl (C=O) groups is 1. The second-order valence-electron chi connectivity index (χ2n) is 4.69. The molecule has 1 saturated heterocycles. The predicted molar refractivity (Wildman–Crippen MR) is 67.7 cm³/mol. The molecule has 1 amide bonds. The monoisotopic (exact) mass is 251 g/mol. The highest BCUT2D eigenvalue weighted by molar-refractivity contribution is 5.92. The van der Waals surface area contributed by atoms with E-state index in [9.17, 15) is 9.18 Å². The average Bonchev–Trinajstić information content (AvgIpc) is 2.34. The molecule has 1 fully saturated rings. The molecule has 0 radical (unpaired) electrons. The van der Waals surface area contributed by atoms with Crippen LogP contribution in [0.4, 0.5) is 4.39 Å². The van der Waals surface area contributed by atoms with Gasteiger partial charge in [0.2, 0.25) is 5.91 Å². The molecule has 3 N–H and O–H groups in total. The minimum atomic E-state index is -0.524. The fourth-order valence-electron chi connectivity index (χ4n) is 2.19. The summed E-state index contributed by atoms with van der Waals surface area (Å²) < 4.78 is 13.7. The summed E-state index contributed by atoms with van der Waals surface area (Å²) in [7, 11) is 0. The van der Waals surface area contributed by atoms with Gasteiger partial charge in [0.15, 0.2) is 0 Å². The highest BCUT2D eigenvalue weighted by Gasteiger charge is 2.19. The maximum absolute atomic E-state index is 13.7. The molecule has 5 heteroatoms. The van der Waals surface area contributed by atoms with Crippen LogP contribution in [0.2, 0.25) is 0 Å². The van der Waals surface area contributed by atoms with Crippen molar-refractivity contribution in [2.75, 3.05) is 19.6 Å². The molecule has 1 heterocycles. The summed E-state index contributed by atoms with van der Waals surface area (Å²) in [6.07, 6.45) is 0. The van der Waals surface area contributed by atoms with Gasteiger partial charge in [0, 0.05) is 43.3 Å². The first-order valence-corrected chi connectivity index (χ1v) is 6.11. The SMILES string of the molecule is C[C@H]1CNCCN1Cc1cc(C(N)=O)ccc1F. The summed E-state index contributed by atoms with van der Waals surface area (Å²) in [4.78, 5) is 13.3. The van der Waals surface area contributed by atoms with Crippen LogP contribution in [0.1, 0.15) is 22.8 Å². The molecule has 1 aliphatic rings. The number of nitrogens with zero attached hydrogens (tertiary/aromatic N) is 1. The number of rotatable bonds is 3. The normalized spacial score (nSPS) is 20.9. The summed E-state index contributed by atoms with van der Waals surface area (Å²) in [6, 6.07) is 4.63. The first-order valence-electron chi connectivity index (χ1n) is 6.11. The van der Waals surface area contributed by atoms with Gasteiger partial charge >= 0.3 is 0 Å². The lowest BCUT2D eigenvalue weighted by Crippen LogP contribution is -2.49. The zero-order valence-electron chi connectivity index (χ0n) is 10.4. The summed E-state index contributed by atoms with van der Waals surface area (Å²) in [6.45, 7) is 5.29. The van der Waals surface area contributed by atoms with Crippen molar-refractivity contribution < 1.29 is 9.18 Å². The number of benzene rings is 1. The van der Waals surface area contributed by atoms with Crippen LogP contribution < -0.4 is 11.1 Å². The quantitative estimate of drug-likeness (QED) is 0.832. The van der Waals surface area contributed by atoms with E-state index >= 15 is 0 Å². The highest BCUT2D eigenvalue weighted by Crippen LogP contribution is 2.15. The Balaban J connectivity index is 2.17. The van der Waals surface area contributed by atoms with E-state index in [-0.39, 0.29) is 5.82 Å². The smallest absolute Gasteiger partial charge is 0.248 e.